The van der Waals surface area contributed by atoms with E-state index in [9.17, 15) is 5.11 Å². The van der Waals surface area contributed by atoms with Gasteiger partial charge in [0, 0.05) is 11.5 Å². The van der Waals surface area contributed by atoms with E-state index in [1.807, 2.05) is 6.07 Å². The zero-order valence-electron chi connectivity index (χ0n) is 18.4. The van der Waals surface area contributed by atoms with E-state index in [0.717, 1.165) is 48.1 Å². The van der Waals surface area contributed by atoms with E-state index in [1.54, 1.807) is 0 Å². The molecule has 0 radical (unpaired) electrons. The van der Waals surface area contributed by atoms with Crippen molar-refractivity contribution in [3.63, 3.8) is 0 Å². The van der Waals surface area contributed by atoms with Gasteiger partial charge in [0.2, 0.25) is 0 Å². The molecule has 1 aromatic carbocycles. The number of ether oxygens (including phenoxy) is 2. The second-order valence-corrected chi connectivity index (χ2v) is 8.20. The molecule has 4 heteroatoms. The largest absolute Gasteiger partial charge is 0.507 e. The van der Waals surface area contributed by atoms with Crippen molar-refractivity contribution < 1.29 is 19.7 Å². The minimum Gasteiger partial charge on any atom is -0.507 e. The smallest absolute Gasteiger partial charge is 0.127 e. The molecule has 4 nitrogen and oxygen atoms in total. The molecule has 1 aliphatic rings. The molecule has 2 N–H and O–H groups in total. The predicted molar refractivity (Wildman–Crippen MR) is 119 cm³/mol. The zero-order chi connectivity index (χ0) is 21.2. The fraction of sp³-hybridized carbons (Fsp3) is 0.600. The van der Waals surface area contributed by atoms with E-state index < -0.39 is 0 Å². The summed E-state index contributed by atoms with van der Waals surface area (Å²) in [6.45, 7) is 11.7. The summed E-state index contributed by atoms with van der Waals surface area (Å²) in [5.41, 5.74) is 4.45. The summed E-state index contributed by atoms with van der Waals surface area (Å²) in [7, 11) is 0. The number of phenols is 1. The number of aryl methyl sites for hydroxylation is 1. The molecular weight excluding hydrogens is 364 g/mol. The lowest BCUT2D eigenvalue weighted by Gasteiger charge is -2.32. The molecule has 2 atom stereocenters. The van der Waals surface area contributed by atoms with Crippen LogP contribution in [0.5, 0.6) is 11.5 Å². The van der Waals surface area contributed by atoms with Gasteiger partial charge in [-0.25, -0.2) is 0 Å². The van der Waals surface area contributed by atoms with Gasteiger partial charge in [-0.05, 0) is 63.1 Å². The molecule has 0 heterocycles. The minimum atomic E-state index is 0.00535. The highest BCUT2D eigenvalue weighted by Crippen LogP contribution is 2.47. The van der Waals surface area contributed by atoms with Gasteiger partial charge < -0.3 is 19.7 Å². The third kappa shape index (κ3) is 6.90. The van der Waals surface area contributed by atoms with E-state index in [-0.39, 0.29) is 12.5 Å². The molecule has 0 fully saturated rings. The Morgan fingerprint density at radius 2 is 2.00 bits per heavy atom. The van der Waals surface area contributed by atoms with Crippen molar-refractivity contribution in [1.82, 2.24) is 0 Å². The van der Waals surface area contributed by atoms with Gasteiger partial charge in [-0.1, -0.05) is 43.6 Å². The van der Waals surface area contributed by atoms with Crippen LogP contribution < -0.4 is 4.74 Å². The fourth-order valence-electron chi connectivity index (χ4n) is 4.13. The summed E-state index contributed by atoms with van der Waals surface area (Å²) in [5, 5.41) is 19.9. The molecule has 29 heavy (non-hydrogen) atoms. The fourth-order valence-corrected chi connectivity index (χ4v) is 4.13. The van der Waals surface area contributed by atoms with Gasteiger partial charge in [0.15, 0.2) is 0 Å². The number of hydrogen-bond acceptors (Lipinski definition) is 4. The van der Waals surface area contributed by atoms with Crippen LogP contribution in [0.4, 0.5) is 0 Å². The lowest BCUT2D eigenvalue weighted by Crippen LogP contribution is -2.19. The van der Waals surface area contributed by atoms with Gasteiger partial charge >= 0.3 is 0 Å². The Kier molecular flexibility index (Phi) is 9.75. The van der Waals surface area contributed by atoms with Gasteiger partial charge in [-0.3, -0.25) is 0 Å². The van der Waals surface area contributed by atoms with Crippen LogP contribution in [0.2, 0.25) is 0 Å². The molecule has 1 aromatic rings. The maximum Gasteiger partial charge on any atom is 0.127 e. The van der Waals surface area contributed by atoms with Crippen LogP contribution in [0.15, 0.2) is 35.9 Å². The van der Waals surface area contributed by atoms with Crippen LogP contribution in [-0.4, -0.2) is 36.6 Å². The summed E-state index contributed by atoms with van der Waals surface area (Å²) in [6, 6.07) is 4.00. The zero-order valence-corrected chi connectivity index (χ0v) is 18.4. The number of hydrogen-bond donors (Lipinski definition) is 2. The number of allylic oxidation sites excluding steroid dienone is 3. The molecule has 0 unspecified atom stereocenters. The molecule has 162 valence electrons. The number of benzene rings is 1. The van der Waals surface area contributed by atoms with Crippen molar-refractivity contribution in [3.05, 3.63) is 47.1 Å². The first-order valence-electron chi connectivity index (χ1n) is 11.0. The minimum absolute atomic E-state index is 0.00535. The van der Waals surface area contributed by atoms with Gasteiger partial charge in [-0.15, -0.1) is 0 Å². The Balaban J connectivity index is 2.34. The van der Waals surface area contributed by atoms with Crippen molar-refractivity contribution >= 4 is 0 Å². The van der Waals surface area contributed by atoms with Crippen molar-refractivity contribution in [2.75, 3.05) is 26.4 Å². The number of aliphatic hydroxyl groups excluding tert-OH is 1. The van der Waals surface area contributed by atoms with E-state index in [1.165, 1.54) is 18.4 Å². The monoisotopic (exact) mass is 402 g/mol. The van der Waals surface area contributed by atoms with Crippen molar-refractivity contribution in [1.29, 1.82) is 0 Å². The highest BCUT2D eigenvalue weighted by atomic mass is 16.5. The molecule has 1 aliphatic carbocycles. The molecule has 2 rings (SSSR count). The highest BCUT2D eigenvalue weighted by Gasteiger charge is 2.30. The highest BCUT2D eigenvalue weighted by molar-refractivity contribution is 5.52. The van der Waals surface area contributed by atoms with E-state index in [4.69, 9.17) is 14.6 Å². The number of phenolic OH excluding ortho intramolecular Hbond substituents is 1. The first-order chi connectivity index (χ1) is 14.0. The summed E-state index contributed by atoms with van der Waals surface area (Å²) in [5.74, 6) is 1.42. The summed E-state index contributed by atoms with van der Waals surface area (Å²) in [4.78, 5) is 0. The Bertz CT molecular complexity index is 692. The molecule has 0 bridgehead atoms. The van der Waals surface area contributed by atoms with Crippen molar-refractivity contribution in [2.24, 2.45) is 5.92 Å². The molecule has 0 spiro atoms. The Labute approximate surface area is 176 Å². The number of aliphatic hydroxyl groups is 1. The molecule has 0 aromatic heterocycles. The average Bonchev–Trinajstić information content (AvgIpc) is 2.67. The molecular formula is C25H38O4. The maximum absolute atomic E-state index is 11.0. The van der Waals surface area contributed by atoms with Crippen LogP contribution in [0.3, 0.4) is 0 Å². The van der Waals surface area contributed by atoms with E-state index in [0.29, 0.717) is 31.5 Å². The van der Waals surface area contributed by atoms with E-state index in [2.05, 4.69) is 39.5 Å². The summed E-state index contributed by atoms with van der Waals surface area (Å²) < 4.78 is 11.4. The predicted octanol–water partition coefficient (Wildman–Crippen LogP) is 5.53. The lowest BCUT2D eigenvalue weighted by atomic mass is 9.73. The Morgan fingerprint density at radius 1 is 1.21 bits per heavy atom. The Morgan fingerprint density at radius 3 is 2.69 bits per heavy atom. The first-order valence-corrected chi connectivity index (χ1v) is 11.0. The Hall–Kier alpha value is -1.78. The molecule has 0 saturated heterocycles. The van der Waals surface area contributed by atoms with Crippen LogP contribution >= 0.6 is 0 Å². The number of rotatable bonds is 12. The second-order valence-electron chi connectivity index (χ2n) is 8.20. The lowest BCUT2D eigenvalue weighted by molar-refractivity contribution is 0.0701. The van der Waals surface area contributed by atoms with Gasteiger partial charge in [0.05, 0.1) is 19.8 Å². The van der Waals surface area contributed by atoms with Crippen molar-refractivity contribution in [3.8, 4) is 11.5 Å². The van der Waals surface area contributed by atoms with Gasteiger partial charge in [0.25, 0.3) is 0 Å². The molecule has 0 saturated carbocycles. The van der Waals surface area contributed by atoms with Gasteiger partial charge in [-0.2, -0.15) is 0 Å². The average molecular weight is 403 g/mol. The molecule has 0 aliphatic heterocycles. The molecule has 0 amide bonds. The van der Waals surface area contributed by atoms with E-state index >= 15 is 0 Å². The van der Waals surface area contributed by atoms with Crippen LogP contribution in [0.25, 0.3) is 0 Å². The van der Waals surface area contributed by atoms with Crippen LogP contribution in [0.1, 0.15) is 69.9 Å². The number of aromatic hydroxyl groups is 1. The third-order valence-corrected chi connectivity index (χ3v) is 5.68. The topological polar surface area (TPSA) is 58.9 Å². The first kappa shape index (κ1) is 23.5. The third-order valence-electron chi connectivity index (χ3n) is 5.68. The van der Waals surface area contributed by atoms with Crippen LogP contribution in [-0.2, 0) is 11.2 Å². The summed E-state index contributed by atoms with van der Waals surface area (Å²) in [6.07, 6.45) is 8.75. The summed E-state index contributed by atoms with van der Waals surface area (Å²) >= 11 is 0. The number of unbranched alkanes of at least 4 members (excludes halogenated alkanes) is 2. The standard InChI is InChI=1S/C25H38O4/c1-5-6-7-8-20-16-23(27)25(24(17-20)29-14-13-28-12-11-26)22-15-19(4)9-10-21(22)18(2)3/h15-17,21-22,26-27H,2,5-14H2,1,3-4H3/t21-,22+/m0/s1. The maximum atomic E-state index is 11.0. The quantitative estimate of drug-likeness (QED) is 0.356. The van der Waals surface area contributed by atoms with Crippen molar-refractivity contribution in [2.45, 2.75) is 65.2 Å². The van der Waals surface area contributed by atoms with Gasteiger partial charge in [0.1, 0.15) is 18.1 Å². The normalized spacial score (nSPS) is 19.1. The second kappa shape index (κ2) is 12.0. The SMILES string of the molecule is C=C(C)[C@@H]1CCC(C)=C[C@H]1c1c(O)cc(CCCCC)cc1OCCOCCO. The van der Waals surface area contributed by atoms with Crippen LogP contribution in [0, 0.1) is 5.92 Å².